The van der Waals surface area contributed by atoms with Gasteiger partial charge in [0.25, 0.3) is 0 Å². The van der Waals surface area contributed by atoms with Crippen molar-refractivity contribution in [3.63, 3.8) is 0 Å². The number of allylic oxidation sites excluding steroid dienone is 3. The molecule has 0 saturated heterocycles. The van der Waals surface area contributed by atoms with E-state index in [0.29, 0.717) is 0 Å². The molecular weight excluding hydrogens is 729 g/mol. The van der Waals surface area contributed by atoms with Crippen LogP contribution in [0.2, 0.25) is 0 Å². The second-order valence-electron chi connectivity index (χ2n) is 16.2. The Morgan fingerprint density at radius 3 is 1.72 bits per heavy atom. The molecule has 286 valence electrons. The Hall–Kier alpha value is -7.56. The van der Waals surface area contributed by atoms with Crippen molar-refractivity contribution < 1.29 is 0 Å². The van der Waals surface area contributed by atoms with Crippen molar-refractivity contribution in [3.05, 3.63) is 211 Å². The zero-order valence-electron chi connectivity index (χ0n) is 33.7. The minimum atomic E-state index is 0.925. The summed E-state index contributed by atoms with van der Waals surface area (Å²) in [5.74, 6) is 0. The summed E-state index contributed by atoms with van der Waals surface area (Å²) in [6.45, 7) is 0. The Morgan fingerprint density at radius 1 is 0.433 bits per heavy atom. The molecule has 2 heterocycles. The highest BCUT2D eigenvalue weighted by atomic mass is 15.2. The quantitative estimate of drug-likeness (QED) is 0.167. The Kier molecular flexibility index (Phi) is 7.76. The number of benzene rings is 9. The molecule has 2 aliphatic rings. The second-order valence-corrected chi connectivity index (χ2v) is 16.2. The van der Waals surface area contributed by atoms with E-state index in [1.165, 1.54) is 99.4 Å². The van der Waals surface area contributed by atoms with Crippen LogP contribution in [-0.2, 0) is 7.05 Å². The molecule has 9 aromatic carbocycles. The lowest BCUT2D eigenvalue weighted by Gasteiger charge is -2.37. The Balaban J connectivity index is 1.05. The largest absolute Gasteiger partial charge is 0.344 e. The lowest BCUT2D eigenvalue weighted by molar-refractivity contribution is 0.904. The fraction of sp³-hybridized carbons (Fsp3) is 0.0714. The first kappa shape index (κ1) is 34.5. The van der Waals surface area contributed by atoms with Gasteiger partial charge < -0.3 is 19.3 Å². The molecule has 0 spiro atoms. The van der Waals surface area contributed by atoms with Gasteiger partial charge in [-0.3, -0.25) is 0 Å². The van der Waals surface area contributed by atoms with Crippen molar-refractivity contribution in [2.24, 2.45) is 7.05 Å². The van der Waals surface area contributed by atoms with Crippen LogP contribution in [0, 0.1) is 0 Å². The highest BCUT2D eigenvalue weighted by Gasteiger charge is 2.31. The number of hydrogen-bond donors (Lipinski definition) is 0. The Labute approximate surface area is 349 Å². The maximum Gasteiger partial charge on any atom is 0.0540 e. The predicted octanol–water partition coefficient (Wildman–Crippen LogP) is 14.9. The molecule has 0 amide bonds. The van der Waals surface area contributed by atoms with Crippen LogP contribution < -0.4 is 14.7 Å². The number of aromatic nitrogens is 1. The molecule has 0 radical (unpaired) electrons. The first-order chi connectivity index (χ1) is 29.6. The van der Waals surface area contributed by atoms with Crippen LogP contribution in [0.15, 0.2) is 206 Å². The zero-order chi connectivity index (χ0) is 39.9. The van der Waals surface area contributed by atoms with E-state index in [1.807, 2.05) is 0 Å². The van der Waals surface area contributed by atoms with Crippen molar-refractivity contribution >= 4 is 93.8 Å². The third-order valence-electron chi connectivity index (χ3n) is 13.0. The van der Waals surface area contributed by atoms with Gasteiger partial charge in [-0.2, -0.15) is 0 Å². The van der Waals surface area contributed by atoms with E-state index in [9.17, 15) is 0 Å². The van der Waals surface area contributed by atoms with Crippen LogP contribution in [0.3, 0.4) is 0 Å². The average Bonchev–Trinajstić information content (AvgIpc) is 3.59. The molecule has 1 aliphatic carbocycles. The molecule has 0 saturated carbocycles. The summed E-state index contributed by atoms with van der Waals surface area (Å²) in [6, 6.07) is 68.7. The summed E-state index contributed by atoms with van der Waals surface area (Å²) >= 11 is 0. The second kappa shape index (κ2) is 13.5. The summed E-state index contributed by atoms with van der Waals surface area (Å²) in [7, 11) is 4.49. The highest BCUT2D eigenvalue weighted by molar-refractivity contribution is 6.26. The van der Waals surface area contributed by atoms with E-state index >= 15 is 0 Å². The summed E-state index contributed by atoms with van der Waals surface area (Å²) in [4.78, 5) is 7.33. The van der Waals surface area contributed by atoms with E-state index in [2.05, 4.69) is 227 Å². The van der Waals surface area contributed by atoms with Crippen LogP contribution >= 0.6 is 0 Å². The summed E-state index contributed by atoms with van der Waals surface area (Å²) in [6.07, 6.45) is 4.33. The van der Waals surface area contributed by atoms with Gasteiger partial charge in [-0.1, -0.05) is 127 Å². The number of hydrogen-bond acceptors (Lipinski definition) is 3. The summed E-state index contributed by atoms with van der Waals surface area (Å²) in [5.41, 5.74) is 14.9. The molecule has 0 atom stereocenters. The van der Waals surface area contributed by atoms with Crippen LogP contribution in [0.4, 0.5) is 34.1 Å². The number of anilines is 6. The van der Waals surface area contributed by atoms with Gasteiger partial charge in [-0.05, 0) is 107 Å². The van der Waals surface area contributed by atoms with Crippen molar-refractivity contribution in [2.75, 3.05) is 21.7 Å². The van der Waals surface area contributed by atoms with Gasteiger partial charge in [0.15, 0.2) is 0 Å². The molecule has 0 bridgehead atoms. The molecule has 4 nitrogen and oxygen atoms in total. The number of rotatable bonds is 6. The monoisotopic (exact) mass is 770 g/mol. The fourth-order valence-electron chi connectivity index (χ4n) is 10.2. The van der Waals surface area contributed by atoms with Gasteiger partial charge in [-0.25, -0.2) is 0 Å². The lowest BCUT2D eigenvalue weighted by Crippen LogP contribution is -2.26. The third-order valence-corrected chi connectivity index (χ3v) is 13.0. The van der Waals surface area contributed by atoms with Crippen molar-refractivity contribution in [1.82, 2.24) is 4.57 Å². The Bertz CT molecular complexity index is 3400. The minimum Gasteiger partial charge on any atom is -0.344 e. The number of likely N-dealkylation sites (N-methyl/N-ethyl adjacent to an activating group) is 1. The van der Waals surface area contributed by atoms with Crippen LogP contribution in [0.25, 0.3) is 59.7 Å². The van der Waals surface area contributed by atoms with Crippen LogP contribution in [0.5, 0.6) is 0 Å². The van der Waals surface area contributed by atoms with Gasteiger partial charge in [0.05, 0.1) is 22.4 Å². The normalized spacial score (nSPS) is 13.7. The van der Waals surface area contributed by atoms with Crippen molar-refractivity contribution in [2.45, 2.75) is 12.8 Å². The van der Waals surface area contributed by atoms with Gasteiger partial charge in [-0.15, -0.1) is 0 Å². The summed E-state index contributed by atoms with van der Waals surface area (Å²) in [5, 5.41) is 10.2. The molecule has 0 N–H and O–H groups in total. The van der Waals surface area contributed by atoms with E-state index in [-0.39, 0.29) is 0 Å². The molecule has 60 heavy (non-hydrogen) atoms. The third kappa shape index (κ3) is 5.17. The standard InChI is InChI=1S/C56H42N4/c1-57-51-29-15-26-47-55-46-33-31-42(60(40-22-7-4-8-23-40)50-28-14-19-38-17-10-12-25-44(38)50)35-53(46)58(2)54(55)36-48(56(47)51)45-32-30-41(34-52(45)57)59(39-20-5-3-6-21-39)49-27-13-18-37-16-9-11-24-43(37)49/h3-29,31,33-36H,30,32H2,1-2H3. The van der Waals surface area contributed by atoms with Crippen LogP contribution in [0.1, 0.15) is 18.4 Å². The molecule has 0 fully saturated rings. The SMILES string of the molecule is CN1C2=C(CCC(N(c3ccccc3)c3cccc4ccccc34)=C2)c2cc3c(c4cccc1c24)c1ccc(N(c2ccccc2)c2cccc4ccccc24)cc1n3C. The smallest absolute Gasteiger partial charge is 0.0540 e. The van der Waals surface area contributed by atoms with E-state index < -0.39 is 0 Å². The molecule has 10 aromatic rings. The number of para-hydroxylation sites is 2. The number of fused-ring (bicyclic) bond motifs is 7. The average molecular weight is 771 g/mol. The first-order valence-corrected chi connectivity index (χ1v) is 20.9. The highest BCUT2D eigenvalue weighted by Crippen LogP contribution is 2.51. The summed E-state index contributed by atoms with van der Waals surface area (Å²) < 4.78 is 2.42. The number of aryl methyl sites for hydroxylation is 1. The first-order valence-electron chi connectivity index (χ1n) is 20.9. The van der Waals surface area contributed by atoms with E-state index in [1.54, 1.807) is 0 Å². The molecule has 4 heteroatoms. The molecular formula is C56H42N4. The number of nitrogens with zero attached hydrogens (tertiary/aromatic N) is 4. The van der Waals surface area contributed by atoms with Crippen molar-refractivity contribution in [3.8, 4) is 0 Å². The molecule has 1 aromatic heterocycles. The van der Waals surface area contributed by atoms with Crippen molar-refractivity contribution in [1.29, 1.82) is 0 Å². The topological polar surface area (TPSA) is 14.7 Å². The predicted molar refractivity (Wildman–Crippen MR) is 255 cm³/mol. The Morgan fingerprint density at radius 2 is 1.02 bits per heavy atom. The van der Waals surface area contributed by atoms with E-state index in [4.69, 9.17) is 0 Å². The maximum atomic E-state index is 2.49. The zero-order valence-corrected chi connectivity index (χ0v) is 33.7. The maximum absolute atomic E-state index is 2.49. The van der Waals surface area contributed by atoms with Gasteiger partial charge in [0.1, 0.15) is 0 Å². The lowest BCUT2D eigenvalue weighted by atomic mass is 9.84. The van der Waals surface area contributed by atoms with Gasteiger partial charge in [0, 0.05) is 75.2 Å². The van der Waals surface area contributed by atoms with Gasteiger partial charge in [0.2, 0.25) is 0 Å². The molecule has 12 rings (SSSR count). The van der Waals surface area contributed by atoms with E-state index in [0.717, 1.165) is 24.2 Å². The molecule has 1 aliphatic heterocycles. The fourth-order valence-corrected chi connectivity index (χ4v) is 10.2. The minimum absolute atomic E-state index is 0.925. The van der Waals surface area contributed by atoms with Crippen LogP contribution in [-0.4, -0.2) is 11.6 Å². The van der Waals surface area contributed by atoms with Gasteiger partial charge >= 0.3 is 0 Å². The molecule has 0 unspecified atom stereocenters.